The molecule has 8 nitrogen and oxygen atoms in total. The third-order valence-electron chi connectivity index (χ3n) is 6.24. The SMILES string of the molecule is COCCCC(NC(=O)CCC(C)(C)NC(=O)OCC1c2ccccc2-c2ccccc21)C(=O)O. The van der Waals surface area contributed by atoms with Crippen molar-refractivity contribution in [1.82, 2.24) is 10.6 Å². The Balaban J connectivity index is 1.49. The van der Waals surface area contributed by atoms with Crippen LogP contribution in [0.25, 0.3) is 11.1 Å². The zero-order valence-corrected chi connectivity index (χ0v) is 20.5. The predicted molar refractivity (Wildman–Crippen MR) is 132 cm³/mol. The van der Waals surface area contributed by atoms with Gasteiger partial charge in [0.25, 0.3) is 0 Å². The summed E-state index contributed by atoms with van der Waals surface area (Å²) < 4.78 is 10.5. The van der Waals surface area contributed by atoms with Crippen LogP contribution in [0.5, 0.6) is 0 Å². The van der Waals surface area contributed by atoms with Crippen molar-refractivity contribution in [2.75, 3.05) is 20.3 Å². The van der Waals surface area contributed by atoms with Gasteiger partial charge in [0.05, 0.1) is 0 Å². The van der Waals surface area contributed by atoms with Crippen molar-refractivity contribution in [3.63, 3.8) is 0 Å². The fourth-order valence-corrected chi connectivity index (χ4v) is 4.35. The summed E-state index contributed by atoms with van der Waals surface area (Å²) in [5.74, 6) is -1.49. The predicted octanol–water partition coefficient (Wildman–Crippen LogP) is 4.08. The molecule has 3 rings (SSSR count). The number of hydrogen-bond donors (Lipinski definition) is 3. The molecular formula is C27H34N2O6. The van der Waals surface area contributed by atoms with Crippen LogP contribution in [0.3, 0.4) is 0 Å². The van der Waals surface area contributed by atoms with E-state index in [1.807, 2.05) is 24.3 Å². The topological polar surface area (TPSA) is 114 Å². The number of carboxylic acid groups (broad SMARTS) is 1. The monoisotopic (exact) mass is 482 g/mol. The van der Waals surface area contributed by atoms with Gasteiger partial charge in [-0.05, 0) is 55.4 Å². The van der Waals surface area contributed by atoms with E-state index in [-0.39, 0.29) is 31.3 Å². The summed E-state index contributed by atoms with van der Waals surface area (Å²) in [6.07, 6.45) is 0.664. The molecule has 1 atom stereocenters. The molecule has 0 aromatic heterocycles. The minimum absolute atomic E-state index is 0.0342. The van der Waals surface area contributed by atoms with Crippen molar-refractivity contribution < 1.29 is 29.0 Å². The van der Waals surface area contributed by atoms with Crippen LogP contribution in [0.2, 0.25) is 0 Å². The van der Waals surface area contributed by atoms with E-state index in [1.54, 1.807) is 21.0 Å². The van der Waals surface area contributed by atoms with Gasteiger partial charge in [-0.2, -0.15) is 0 Å². The number of carboxylic acids is 1. The lowest BCUT2D eigenvalue weighted by Gasteiger charge is -2.26. The minimum atomic E-state index is -1.08. The molecule has 0 aliphatic heterocycles. The van der Waals surface area contributed by atoms with Crippen LogP contribution in [0.4, 0.5) is 4.79 Å². The normalized spacial score (nSPS) is 13.5. The molecule has 1 aliphatic rings. The van der Waals surface area contributed by atoms with Gasteiger partial charge in [-0.3, -0.25) is 4.79 Å². The summed E-state index contributed by atoms with van der Waals surface area (Å²) in [5.41, 5.74) is 3.87. The van der Waals surface area contributed by atoms with Crippen molar-refractivity contribution in [3.8, 4) is 11.1 Å². The van der Waals surface area contributed by atoms with Crippen LogP contribution >= 0.6 is 0 Å². The van der Waals surface area contributed by atoms with E-state index in [0.717, 1.165) is 22.3 Å². The van der Waals surface area contributed by atoms with Crippen LogP contribution in [-0.2, 0) is 19.1 Å². The van der Waals surface area contributed by atoms with Crippen LogP contribution in [0, 0.1) is 0 Å². The fourth-order valence-electron chi connectivity index (χ4n) is 4.35. The number of alkyl carbamates (subject to hydrolysis) is 1. The van der Waals surface area contributed by atoms with Crippen LogP contribution in [0.1, 0.15) is 56.6 Å². The molecule has 188 valence electrons. The van der Waals surface area contributed by atoms with E-state index in [1.165, 1.54) is 0 Å². The molecule has 1 unspecified atom stereocenters. The quantitative estimate of drug-likeness (QED) is 0.393. The van der Waals surface area contributed by atoms with Crippen molar-refractivity contribution in [2.45, 2.75) is 57.0 Å². The lowest BCUT2D eigenvalue weighted by molar-refractivity contribution is -0.142. The number of carbonyl (C=O) groups excluding carboxylic acids is 2. The molecule has 8 heteroatoms. The summed E-state index contributed by atoms with van der Waals surface area (Å²) in [5, 5.41) is 14.7. The molecule has 0 bridgehead atoms. The average molecular weight is 483 g/mol. The number of aliphatic carboxylic acids is 1. The van der Waals surface area contributed by atoms with E-state index < -0.39 is 23.6 Å². The van der Waals surface area contributed by atoms with Crippen LogP contribution < -0.4 is 10.6 Å². The fraction of sp³-hybridized carbons (Fsp3) is 0.444. The molecule has 0 saturated carbocycles. The maximum atomic E-state index is 12.6. The molecule has 3 N–H and O–H groups in total. The molecule has 0 fully saturated rings. The number of nitrogens with one attached hydrogen (secondary N) is 2. The van der Waals surface area contributed by atoms with E-state index in [2.05, 4.69) is 34.9 Å². The number of fused-ring (bicyclic) bond motifs is 3. The molecule has 0 radical (unpaired) electrons. The number of benzene rings is 2. The summed E-state index contributed by atoms with van der Waals surface area (Å²) in [7, 11) is 1.54. The highest BCUT2D eigenvalue weighted by molar-refractivity contribution is 5.83. The van der Waals surface area contributed by atoms with Gasteiger partial charge in [0, 0.05) is 31.6 Å². The summed E-state index contributed by atoms with van der Waals surface area (Å²) >= 11 is 0. The highest BCUT2D eigenvalue weighted by Crippen LogP contribution is 2.44. The first-order valence-corrected chi connectivity index (χ1v) is 11.9. The zero-order chi connectivity index (χ0) is 25.4. The average Bonchev–Trinajstić information content (AvgIpc) is 3.14. The lowest BCUT2D eigenvalue weighted by atomic mass is 9.98. The Kier molecular flexibility index (Phi) is 8.87. The van der Waals surface area contributed by atoms with Crippen LogP contribution in [0.15, 0.2) is 48.5 Å². The number of hydrogen-bond acceptors (Lipinski definition) is 5. The number of methoxy groups -OCH3 is 1. The first kappa shape index (κ1) is 26.2. The van der Waals surface area contributed by atoms with Gasteiger partial charge >= 0.3 is 12.1 Å². The number of ether oxygens (including phenoxy) is 2. The van der Waals surface area contributed by atoms with Gasteiger partial charge in [0.2, 0.25) is 5.91 Å². The third kappa shape index (κ3) is 7.05. The molecule has 35 heavy (non-hydrogen) atoms. The van der Waals surface area contributed by atoms with Crippen LogP contribution in [-0.4, -0.2) is 55.0 Å². The van der Waals surface area contributed by atoms with Gasteiger partial charge in [-0.25, -0.2) is 9.59 Å². The van der Waals surface area contributed by atoms with Gasteiger partial charge < -0.3 is 25.2 Å². The van der Waals surface area contributed by atoms with Gasteiger partial charge in [0.1, 0.15) is 12.6 Å². The Morgan fingerprint density at radius 2 is 1.63 bits per heavy atom. The molecule has 2 aromatic carbocycles. The number of carbonyl (C=O) groups is 3. The molecule has 0 heterocycles. The van der Waals surface area contributed by atoms with Gasteiger partial charge in [-0.15, -0.1) is 0 Å². The van der Waals surface area contributed by atoms with Crippen molar-refractivity contribution in [1.29, 1.82) is 0 Å². The maximum Gasteiger partial charge on any atom is 0.407 e. The highest BCUT2D eigenvalue weighted by atomic mass is 16.5. The van der Waals surface area contributed by atoms with Crippen molar-refractivity contribution in [3.05, 3.63) is 59.7 Å². The van der Waals surface area contributed by atoms with E-state index in [4.69, 9.17) is 9.47 Å². The first-order chi connectivity index (χ1) is 16.7. The smallest absolute Gasteiger partial charge is 0.407 e. The van der Waals surface area contributed by atoms with Crippen molar-refractivity contribution in [2.24, 2.45) is 0 Å². The standard InChI is InChI=1S/C27H34N2O6/c1-27(2,15-14-24(30)28-23(25(31)32)13-8-16-34-3)29-26(33)35-17-22-20-11-6-4-9-18(20)19-10-5-7-12-21(19)22/h4-7,9-12,22-23H,8,13-17H2,1-3H3,(H,28,30)(H,29,33)(H,31,32). The second-order valence-electron chi connectivity index (χ2n) is 9.43. The lowest BCUT2D eigenvalue weighted by Crippen LogP contribution is -2.46. The molecule has 0 spiro atoms. The summed E-state index contributed by atoms with van der Waals surface area (Å²) in [4.78, 5) is 36.3. The second kappa shape index (κ2) is 11.8. The largest absolute Gasteiger partial charge is 0.480 e. The zero-order valence-electron chi connectivity index (χ0n) is 20.5. The van der Waals surface area contributed by atoms with E-state index in [0.29, 0.717) is 19.4 Å². The highest BCUT2D eigenvalue weighted by Gasteiger charge is 2.30. The molecule has 0 saturated heterocycles. The van der Waals surface area contributed by atoms with E-state index in [9.17, 15) is 19.5 Å². The third-order valence-corrected chi connectivity index (χ3v) is 6.24. The molecule has 1 aliphatic carbocycles. The first-order valence-electron chi connectivity index (χ1n) is 11.9. The second-order valence-corrected chi connectivity index (χ2v) is 9.43. The van der Waals surface area contributed by atoms with E-state index >= 15 is 0 Å². The maximum absolute atomic E-state index is 12.6. The molecular weight excluding hydrogens is 448 g/mol. The van der Waals surface area contributed by atoms with Crippen molar-refractivity contribution >= 4 is 18.0 Å². The Morgan fingerprint density at radius 3 is 2.20 bits per heavy atom. The minimum Gasteiger partial charge on any atom is -0.480 e. The Morgan fingerprint density at radius 1 is 1.03 bits per heavy atom. The molecule has 2 amide bonds. The number of amides is 2. The van der Waals surface area contributed by atoms with Gasteiger partial charge in [-0.1, -0.05) is 48.5 Å². The summed E-state index contributed by atoms with van der Waals surface area (Å²) in [6, 6.07) is 15.3. The Labute approximate surface area is 206 Å². The number of rotatable bonds is 12. The Bertz CT molecular complexity index is 1010. The Hall–Kier alpha value is -3.39. The molecule has 2 aromatic rings. The summed E-state index contributed by atoms with van der Waals surface area (Å²) in [6.45, 7) is 4.24. The van der Waals surface area contributed by atoms with Gasteiger partial charge in [0.15, 0.2) is 0 Å².